The molecule has 1 N–H and O–H groups in total. The third kappa shape index (κ3) is 3.06. The lowest BCUT2D eigenvalue weighted by Gasteiger charge is -2.12. The van der Waals surface area contributed by atoms with E-state index >= 15 is 0 Å². The number of para-hydroxylation sites is 1. The van der Waals surface area contributed by atoms with Crippen molar-refractivity contribution in [1.29, 1.82) is 0 Å². The summed E-state index contributed by atoms with van der Waals surface area (Å²) in [6, 6.07) is 15.1. The third-order valence-corrected chi connectivity index (χ3v) is 4.60. The van der Waals surface area contributed by atoms with Crippen LogP contribution < -0.4 is 15.6 Å². The Kier molecular flexibility index (Phi) is 4.16. The molecule has 26 heavy (non-hydrogen) atoms. The van der Waals surface area contributed by atoms with E-state index in [-0.39, 0.29) is 24.0 Å². The van der Waals surface area contributed by atoms with Crippen LogP contribution in [-0.4, -0.2) is 28.3 Å². The molecule has 1 atom stereocenters. The second-order valence-electron chi connectivity index (χ2n) is 6.45. The third-order valence-electron chi connectivity index (χ3n) is 4.60. The van der Waals surface area contributed by atoms with E-state index in [0.717, 1.165) is 23.1 Å². The standard InChI is InChI=1S/C20H19N3O3/c1-23-20(25)16-8-4-3-7-15(16)17(22-23)11-19(24)21-12-14-10-13-6-2-5-9-18(13)26-14/h2-9,14H,10-12H2,1H3,(H,21,24). The lowest BCUT2D eigenvalue weighted by Crippen LogP contribution is -2.35. The molecule has 6 heteroatoms. The molecule has 1 aromatic heterocycles. The molecule has 1 aliphatic rings. The Morgan fingerprint density at radius 2 is 1.92 bits per heavy atom. The van der Waals surface area contributed by atoms with Crippen LogP contribution in [0.1, 0.15) is 11.3 Å². The Balaban J connectivity index is 1.44. The predicted molar refractivity (Wildman–Crippen MR) is 98.3 cm³/mol. The fraction of sp³-hybridized carbons (Fsp3) is 0.250. The summed E-state index contributed by atoms with van der Waals surface area (Å²) in [5, 5.41) is 8.47. The maximum Gasteiger partial charge on any atom is 0.274 e. The first-order valence-electron chi connectivity index (χ1n) is 8.58. The molecule has 132 valence electrons. The van der Waals surface area contributed by atoms with Crippen LogP contribution in [0.5, 0.6) is 5.75 Å². The molecule has 0 saturated carbocycles. The summed E-state index contributed by atoms with van der Waals surface area (Å²) in [5.74, 6) is 0.748. The summed E-state index contributed by atoms with van der Waals surface area (Å²) < 4.78 is 7.12. The molecule has 0 aliphatic carbocycles. The van der Waals surface area contributed by atoms with Gasteiger partial charge >= 0.3 is 0 Å². The number of nitrogens with one attached hydrogen (secondary N) is 1. The number of carbonyl (C=O) groups excluding carboxylic acids is 1. The van der Waals surface area contributed by atoms with Crippen LogP contribution in [-0.2, 0) is 24.7 Å². The van der Waals surface area contributed by atoms with Crippen molar-refractivity contribution in [3.63, 3.8) is 0 Å². The van der Waals surface area contributed by atoms with Crippen molar-refractivity contribution in [3.8, 4) is 5.75 Å². The fourth-order valence-electron chi connectivity index (χ4n) is 3.32. The van der Waals surface area contributed by atoms with Crippen molar-refractivity contribution in [2.75, 3.05) is 6.54 Å². The summed E-state index contributed by atoms with van der Waals surface area (Å²) in [5.41, 5.74) is 1.59. The van der Waals surface area contributed by atoms with Gasteiger partial charge in [0.2, 0.25) is 5.91 Å². The molecular weight excluding hydrogens is 330 g/mol. The van der Waals surface area contributed by atoms with Gasteiger partial charge in [0.25, 0.3) is 5.56 Å². The SMILES string of the molecule is Cn1nc(CC(=O)NCC2Cc3ccccc3O2)c2ccccc2c1=O. The molecule has 0 radical (unpaired) electrons. The smallest absolute Gasteiger partial charge is 0.274 e. The Bertz CT molecular complexity index is 1020. The summed E-state index contributed by atoms with van der Waals surface area (Å²) >= 11 is 0. The zero-order valence-electron chi connectivity index (χ0n) is 14.4. The van der Waals surface area contributed by atoms with E-state index in [1.807, 2.05) is 42.5 Å². The number of nitrogens with zero attached hydrogens (tertiary/aromatic N) is 2. The van der Waals surface area contributed by atoms with Gasteiger partial charge in [-0.25, -0.2) is 4.68 Å². The Hall–Kier alpha value is -3.15. The van der Waals surface area contributed by atoms with Gasteiger partial charge < -0.3 is 10.1 Å². The predicted octanol–water partition coefficient (Wildman–Crippen LogP) is 1.60. The number of fused-ring (bicyclic) bond motifs is 2. The molecule has 0 fully saturated rings. The van der Waals surface area contributed by atoms with Crippen molar-refractivity contribution in [2.24, 2.45) is 7.05 Å². The zero-order chi connectivity index (χ0) is 18.1. The Morgan fingerprint density at radius 1 is 1.19 bits per heavy atom. The molecule has 1 unspecified atom stereocenters. The molecule has 2 heterocycles. The van der Waals surface area contributed by atoms with Crippen molar-refractivity contribution in [1.82, 2.24) is 15.1 Å². The quantitative estimate of drug-likeness (QED) is 0.776. The number of ether oxygens (including phenoxy) is 1. The second kappa shape index (κ2) is 6.63. The molecule has 1 aliphatic heterocycles. The monoisotopic (exact) mass is 349 g/mol. The first-order chi connectivity index (χ1) is 12.6. The van der Waals surface area contributed by atoms with E-state index in [0.29, 0.717) is 17.6 Å². The van der Waals surface area contributed by atoms with Gasteiger partial charge in [-0.15, -0.1) is 0 Å². The number of carbonyl (C=O) groups is 1. The number of hydrogen-bond donors (Lipinski definition) is 1. The zero-order valence-corrected chi connectivity index (χ0v) is 14.4. The normalized spacial score (nSPS) is 15.5. The van der Waals surface area contributed by atoms with E-state index in [1.165, 1.54) is 4.68 Å². The van der Waals surface area contributed by atoms with Crippen LogP contribution >= 0.6 is 0 Å². The largest absolute Gasteiger partial charge is 0.488 e. The fourth-order valence-corrected chi connectivity index (χ4v) is 3.32. The van der Waals surface area contributed by atoms with E-state index in [2.05, 4.69) is 10.4 Å². The van der Waals surface area contributed by atoms with Gasteiger partial charge in [-0.1, -0.05) is 36.4 Å². The number of hydrogen-bond acceptors (Lipinski definition) is 4. The van der Waals surface area contributed by atoms with Crippen molar-refractivity contribution < 1.29 is 9.53 Å². The summed E-state index contributed by atoms with van der Waals surface area (Å²) in [4.78, 5) is 24.5. The molecule has 3 aromatic rings. The van der Waals surface area contributed by atoms with Gasteiger partial charge in [-0.3, -0.25) is 9.59 Å². The molecule has 2 aromatic carbocycles. The van der Waals surface area contributed by atoms with Crippen LogP contribution in [0.25, 0.3) is 10.8 Å². The van der Waals surface area contributed by atoms with Gasteiger partial charge in [0.1, 0.15) is 11.9 Å². The summed E-state index contributed by atoms with van der Waals surface area (Å²) in [6.45, 7) is 0.442. The molecule has 0 saturated heterocycles. The minimum absolute atomic E-state index is 0.0545. The molecule has 0 spiro atoms. The number of aryl methyl sites for hydroxylation is 1. The highest BCUT2D eigenvalue weighted by molar-refractivity contribution is 5.88. The lowest BCUT2D eigenvalue weighted by atomic mass is 10.1. The molecule has 0 bridgehead atoms. The van der Waals surface area contributed by atoms with Gasteiger partial charge in [0, 0.05) is 18.9 Å². The molecular formula is C20H19N3O3. The number of rotatable bonds is 4. The Morgan fingerprint density at radius 3 is 2.73 bits per heavy atom. The number of benzene rings is 2. The summed E-state index contributed by atoms with van der Waals surface area (Å²) in [7, 11) is 1.60. The maximum atomic E-state index is 12.4. The summed E-state index contributed by atoms with van der Waals surface area (Å²) in [6.07, 6.45) is 0.854. The van der Waals surface area contributed by atoms with Crippen LogP contribution in [0, 0.1) is 0 Å². The van der Waals surface area contributed by atoms with E-state index in [4.69, 9.17) is 4.74 Å². The molecule has 6 nitrogen and oxygen atoms in total. The number of aromatic nitrogens is 2. The van der Waals surface area contributed by atoms with Crippen molar-refractivity contribution in [2.45, 2.75) is 18.9 Å². The highest BCUT2D eigenvalue weighted by Crippen LogP contribution is 2.27. The minimum atomic E-state index is -0.165. The van der Waals surface area contributed by atoms with Crippen LogP contribution in [0.2, 0.25) is 0 Å². The molecule has 1 amide bonds. The van der Waals surface area contributed by atoms with Gasteiger partial charge in [0.15, 0.2) is 0 Å². The van der Waals surface area contributed by atoms with E-state index in [9.17, 15) is 9.59 Å². The van der Waals surface area contributed by atoms with Crippen LogP contribution in [0.3, 0.4) is 0 Å². The highest BCUT2D eigenvalue weighted by Gasteiger charge is 2.23. The van der Waals surface area contributed by atoms with Crippen LogP contribution in [0.4, 0.5) is 0 Å². The average molecular weight is 349 g/mol. The number of amides is 1. The van der Waals surface area contributed by atoms with Gasteiger partial charge in [0.05, 0.1) is 24.0 Å². The topological polar surface area (TPSA) is 73.2 Å². The van der Waals surface area contributed by atoms with Crippen molar-refractivity contribution in [3.05, 3.63) is 70.1 Å². The first-order valence-corrected chi connectivity index (χ1v) is 8.58. The maximum absolute atomic E-state index is 12.4. The minimum Gasteiger partial charge on any atom is -0.488 e. The first kappa shape index (κ1) is 16.3. The Labute approximate surface area is 150 Å². The second-order valence-corrected chi connectivity index (χ2v) is 6.45. The van der Waals surface area contributed by atoms with Crippen LogP contribution in [0.15, 0.2) is 53.3 Å². The molecule has 4 rings (SSSR count). The van der Waals surface area contributed by atoms with Gasteiger partial charge in [-0.2, -0.15) is 5.10 Å². The lowest BCUT2D eigenvalue weighted by molar-refractivity contribution is -0.120. The van der Waals surface area contributed by atoms with Crippen molar-refractivity contribution >= 4 is 16.7 Å². The van der Waals surface area contributed by atoms with E-state index < -0.39 is 0 Å². The average Bonchev–Trinajstić information content (AvgIpc) is 3.07. The van der Waals surface area contributed by atoms with E-state index in [1.54, 1.807) is 13.1 Å². The highest BCUT2D eigenvalue weighted by atomic mass is 16.5. The van der Waals surface area contributed by atoms with Gasteiger partial charge in [-0.05, 0) is 17.7 Å².